The summed E-state index contributed by atoms with van der Waals surface area (Å²) in [4.78, 5) is 24.0. The Morgan fingerprint density at radius 2 is 2.26 bits per heavy atom. The lowest BCUT2D eigenvalue weighted by Crippen LogP contribution is -2.38. The molecule has 1 unspecified atom stereocenters. The van der Waals surface area contributed by atoms with E-state index in [0.717, 1.165) is 17.5 Å². The van der Waals surface area contributed by atoms with Crippen LogP contribution >= 0.6 is 0 Å². The molecule has 0 saturated heterocycles. The number of nitrogens with two attached hydrogens (primary N) is 1. The van der Waals surface area contributed by atoms with Crippen molar-refractivity contribution in [1.29, 1.82) is 0 Å². The van der Waals surface area contributed by atoms with Gasteiger partial charge < -0.3 is 10.6 Å². The number of amides is 1. The van der Waals surface area contributed by atoms with Gasteiger partial charge in [-0.05, 0) is 24.5 Å². The van der Waals surface area contributed by atoms with E-state index < -0.39 is 4.92 Å². The van der Waals surface area contributed by atoms with Crippen LogP contribution in [0.15, 0.2) is 18.2 Å². The van der Waals surface area contributed by atoms with Crippen LogP contribution in [-0.2, 0) is 17.8 Å². The minimum atomic E-state index is -0.414. The zero-order chi connectivity index (χ0) is 14.0. The molecule has 0 fully saturated rings. The average molecular weight is 263 g/mol. The molecule has 102 valence electrons. The highest BCUT2D eigenvalue weighted by Gasteiger charge is 2.22. The highest BCUT2D eigenvalue weighted by molar-refractivity contribution is 5.77. The Balaban J connectivity index is 2.16. The zero-order valence-electron chi connectivity index (χ0n) is 10.8. The van der Waals surface area contributed by atoms with Crippen LogP contribution in [0.2, 0.25) is 0 Å². The molecule has 1 aromatic carbocycles. The largest absolute Gasteiger partial charge is 0.338 e. The van der Waals surface area contributed by atoms with E-state index in [1.54, 1.807) is 24.0 Å². The van der Waals surface area contributed by atoms with Gasteiger partial charge in [0.05, 0.1) is 4.92 Å². The number of nitro groups is 1. The Morgan fingerprint density at radius 1 is 1.53 bits per heavy atom. The average Bonchev–Trinajstić information content (AvgIpc) is 2.36. The predicted molar refractivity (Wildman–Crippen MR) is 70.5 cm³/mol. The summed E-state index contributed by atoms with van der Waals surface area (Å²) < 4.78 is 0. The molecule has 1 amide bonds. The number of rotatable bonds is 3. The molecule has 1 heterocycles. The Bertz CT molecular complexity index is 514. The first-order chi connectivity index (χ1) is 8.97. The number of carbonyl (C=O) groups excluding carboxylic acids is 1. The summed E-state index contributed by atoms with van der Waals surface area (Å²) in [5.74, 6) is 0.00663. The van der Waals surface area contributed by atoms with Gasteiger partial charge in [0.15, 0.2) is 0 Å². The van der Waals surface area contributed by atoms with Crippen LogP contribution in [0.3, 0.4) is 0 Å². The highest BCUT2D eigenvalue weighted by atomic mass is 16.6. The van der Waals surface area contributed by atoms with Gasteiger partial charge >= 0.3 is 0 Å². The third kappa shape index (κ3) is 3.08. The van der Waals surface area contributed by atoms with Crippen molar-refractivity contribution in [2.75, 3.05) is 6.54 Å². The van der Waals surface area contributed by atoms with E-state index in [-0.39, 0.29) is 17.6 Å². The summed E-state index contributed by atoms with van der Waals surface area (Å²) in [7, 11) is 0. The van der Waals surface area contributed by atoms with Crippen molar-refractivity contribution in [3.05, 3.63) is 39.4 Å². The van der Waals surface area contributed by atoms with Gasteiger partial charge in [-0.1, -0.05) is 6.07 Å². The number of carbonyl (C=O) groups is 1. The Morgan fingerprint density at radius 3 is 2.89 bits per heavy atom. The summed E-state index contributed by atoms with van der Waals surface area (Å²) in [6.45, 7) is 2.87. The molecular weight excluding hydrogens is 246 g/mol. The molecule has 1 aromatic rings. The molecule has 2 N–H and O–H groups in total. The van der Waals surface area contributed by atoms with E-state index in [0.29, 0.717) is 19.5 Å². The first-order valence-corrected chi connectivity index (χ1v) is 6.27. The van der Waals surface area contributed by atoms with Crippen molar-refractivity contribution >= 4 is 11.6 Å². The standard InChI is InChI=1S/C13H17N3O3/c1-9(14)6-13(17)15-5-4-10-2-3-12(16(18)19)7-11(10)8-15/h2-3,7,9H,4-6,8,14H2,1H3. The van der Waals surface area contributed by atoms with Crippen molar-refractivity contribution in [3.63, 3.8) is 0 Å². The molecule has 1 atom stereocenters. The van der Waals surface area contributed by atoms with Crippen LogP contribution in [0, 0.1) is 10.1 Å². The van der Waals surface area contributed by atoms with E-state index in [1.165, 1.54) is 6.07 Å². The number of nitrogens with zero attached hydrogens (tertiary/aromatic N) is 2. The van der Waals surface area contributed by atoms with Crippen molar-refractivity contribution in [3.8, 4) is 0 Å². The lowest BCUT2D eigenvalue weighted by Gasteiger charge is -2.29. The van der Waals surface area contributed by atoms with Gasteiger partial charge in [-0.25, -0.2) is 0 Å². The predicted octanol–water partition coefficient (Wildman–Crippen LogP) is 1.22. The fraction of sp³-hybridized carbons (Fsp3) is 0.462. The molecule has 19 heavy (non-hydrogen) atoms. The molecule has 1 aliphatic rings. The Kier molecular flexibility index (Phi) is 3.80. The van der Waals surface area contributed by atoms with Crippen molar-refractivity contribution in [2.45, 2.75) is 32.4 Å². The van der Waals surface area contributed by atoms with Gasteiger partial charge in [-0.15, -0.1) is 0 Å². The molecule has 1 aliphatic heterocycles. The molecule has 0 spiro atoms. The van der Waals surface area contributed by atoms with E-state index >= 15 is 0 Å². The first-order valence-electron chi connectivity index (χ1n) is 6.27. The summed E-state index contributed by atoms with van der Waals surface area (Å²) >= 11 is 0. The normalized spacial score (nSPS) is 15.8. The second-order valence-electron chi connectivity index (χ2n) is 4.96. The SMILES string of the molecule is CC(N)CC(=O)N1CCc2ccc([N+](=O)[O-])cc2C1. The molecule has 0 bridgehead atoms. The molecule has 6 nitrogen and oxygen atoms in total. The Hall–Kier alpha value is -1.95. The van der Waals surface area contributed by atoms with E-state index in [1.807, 2.05) is 0 Å². The van der Waals surface area contributed by atoms with Crippen LogP contribution in [0.1, 0.15) is 24.5 Å². The Labute approximate surface area is 111 Å². The fourth-order valence-electron chi connectivity index (χ4n) is 2.27. The van der Waals surface area contributed by atoms with Crippen LogP contribution < -0.4 is 5.73 Å². The van der Waals surface area contributed by atoms with Crippen LogP contribution in [-0.4, -0.2) is 28.3 Å². The van der Waals surface area contributed by atoms with Gasteiger partial charge in [0.1, 0.15) is 0 Å². The van der Waals surface area contributed by atoms with E-state index in [9.17, 15) is 14.9 Å². The van der Waals surface area contributed by atoms with Crippen molar-refractivity contribution < 1.29 is 9.72 Å². The molecule has 0 aromatic heterocycles. The second kappa shape index (κ2) is 5.36. The molecule has 0 saturated carbocycles. The monoisotopic (exact) mass is 263 g/mol. The number of benzene rings is 1. The number of fused-ring (bicyclic) bond motifs is 1. The minimum Gasteiger partial charge on any atom is -0.338 e. The van der Waals surface area contributed by atoms with Crippen molar-refractivity contribution in [2.24, 2.45) is 5.73 Å². The zero-order valence-corrected chi connectivity index (χ0v) is 10.8. The van der Waals surface area contributed by atoms with Crippen LogP contribution in [0.4, 0.5) is 5.69 Å². The maximum absolute atomic E-state index is 11.9. The molecule has 2 rings (SSSR count). The van der Waals surface area contributed by atoms with Gasteiger partial charge in [-0.3, -0.25) is 14.9 Å². The lowest BCUT2D eigenvalue weighted by atomic mass is 9.98. The summed E-state index contributed by atoms with van der Waals surface area (Å²) in [6, 6.07) is 4.68. The maximum Gasteiger partial charge on any atom is 0.269 e. The van der Waals surface area contributed by atoms with Gasteiger partial charge in [0.2, 0.25) is 5.91 Å². The summed E-state index contributed by atoms with van der Waals surface area (Å²) in [5, 5.41) is 10.8. The van der Waals surface area contributed by atoms with Gasteiger partial charge in [-0.2, -0.15) is 0 Å². The van der Waals surface area contributed by atoms with E-state index in [2.05, 4.69) is 0 Å². The summed E-state index contributed by atoms with van der Waals surface area (Å²) in [6.07, 6.45) is 1.04. The number of hydrogen-bond acceptors (Lipinski definition) is 4. The third-order valence-electron chi connectivity index (χ3n) is 3.26. The number of nitro benzene ring substituents is 1. The molecule has 0 aliphatic carbocycles. The number of non-ortho nitro benzene ring substituents is 1. The topological polar surface area (TPSA) is 89.5 Å². The fourth-order valence-corrected chi connectivity index (χ4v) is 2.27. The van der Waals surface area contributed by atoms with Crippen LogP contribution in [0.25, 0.3) is 0 Å². The molecule has 6 heteroatoms. The molecular formula is C13H17N3O3. The van der Waals surface area contributed by atoms with Crippen LogP contribution in [0.5, 0.6) is 0 Å². The maximum atomic E-state index is 11.9. The van der Waals surface area contributed by atoms with Gasteiger partial charge in [0, 0.05) is 37.7 Å². The van der Waals surface area contributed by atoms with E-state index in [4.69, 9.17) is 5.73 Å². The quantitative estimate of drug-likeness (QED) is 0.655. The first kappa shape index (κ1) is 13.5. The smallest absolute Gasteiger partial charge is 0.269 e. The lowest BCUT2D eigenvalue weighted by molar-refractivity contribution is -0.385. The third-order valence-corrected chi connectivity index (χ3v) is 3.26. The number of hydrogen-bond donors (Lipinski definition) is 1. The van der Waals surface area contributed by atoms with Gasteiger partial charge in [0.25, 0.3) is 5.69 Å². The highest BCUT2D eigenvalue weighted by Crippen LogP contribution is 2.24. The molecule has 0 radical (unpaired) electrons. The second-order valence-corrected chi connectivity index (χ2v) is 4.96. The van der Waals surface area contributed by atoms with Crippen molar-refractivity contribution in [1.82, 2.24) is 4.90 Å². The minimum absolute atomic E-state index is 0.00663. The summed E-state index contributed by atoms with van der Waals surface area (Å²) in [5.41, 5.74) is 7.63.